The van der Waals surface area contributed by atoms with E-state index in [0.29, 0.717) is 17.9 Å². The molecule has 4 N–H and O–H groups in total. The van der Waals surface area contributed by atoms with E-state index >= 15 is 0 Å². The molecule has 0 unspecified atom stereocenters. The highest BCUT2D eigenvalue weighted by Gasteiger charge is 2.08. The number of anilines is 2. The Morgan fingerprint density at radius 1 is 1.37 bits per heavy atom. The van der Waals surface area contributed by atoms with Gasteiger partial charge in [0, 0.05) is 5.38 Å². The molecule has 0 fully saturated rings. The van der Waals surface area contributed by atoms with E-state index in [1.54, 1.807) is 17.5 Å². The third-order valence-corrected chi connectivity index (χ3v) is 4.50. The molecule has 0 spiro atoms. The van der Waals surface area contributed by atoms with Gasteiger partial charge >= 0.3 is 0 Å². The summed E-state index contributed by atoms with van der Waals surface area (Å²) in [6.45, 7) is 0.564. The lowest BCUT2D eigenvalue weighted by atomic mass is 10.3. The molecule has 0 aliphatic carbocycles. The van der Waals surface area contributed by atoms with Crippen LogP contribution in [-0.2, 0) is 13.2 Å². The van der Waals surface area contributed by atoms with Crippen molar-refractivity contribution in [2.45, 2.75) is 13.2 Å². The maximum Gasteiger partial charge on any atom is 0.112 e. The van der Waals surface area contributed by atoms with Gasteiger partial charge in [-0.05, 0) is 11.4 Å². The van der Waals surface area contributed by atoms with E-state index in [0.717, 1.165) is 20.9 Å². The van der Waals surface area contributed by atoms with E-state index < -0.39 is 0 Å². The van der Waals surface area contributed by atoms with Gasteiger partial charge < -0.3 is 16.2 Å². The molecule has 3 aromatic heterocycles. The van der Waals surface area contributed by atoms with Crippen LogP contribution in [0.5, 0.6) is 0 Å². The van der Waals surface area contributed by atoms with Gasteiger partial charge in [-0.2, -0.15) is 0 Å². The van der Waals surface area contributed by atoms with E-state index in [4.69, 9.17) is 10.8 Å². The number of hydrogen-bond donors (Lipinski definition) is 3. The minimum absolute atomic E-state index is 0.0247. The van der Waals surface area contributed by atoms with E-state index in [1.807, 2.05) is 16.8 Å². The highest BCUT2D eigenvalue weighted by Crippen LogP contribution is 2.32. The van der Waals surface area contributed by atoms with Crippen LogP contribution in [0.2, 0.25) is 0 Å². The van der Waals surface area contributed by atoms with Gasteiger partial charge in [-0.15, -0.1) is 22.7 Å². The smallest absolute Gasteiger partial charge is 0.112 e. The molecule has 0 saturated carbocycles. The lowest BCUT2D eigenvalue weighted by molar-refractivity contribution is 0.277. The predicted molar refractivity (Wildman–Crippen MR) is 79.4 cm³/mol. The molecule has 3 rings (SSSR count). The molecule has 5 nitrogen and oxygen atoms in total. The van der Waals surface area contributed by atoms with Crippen molar-refractivity contribution >= 4 is 44.3 Å². The Morgan fingerprint density at radius 2 is 2.26 bits per heavy atom. The highest BCUT2D eigenvalue weighted by molar-refractivity contribution is 7.17. The standard InChI is InChI=1S/C12H12N4OS2/c13-8-3-14-9-1-2-18-12(9)11(8)15-4-10-16-7(5-17)6-19-10/h1-3,6,17H,4-5,13H2,(H,14,15). The van der Waals surface area contributed by atoms with Crippen LogP contribution in [0.15, 0.2) is 23.0 Å². The zero-order valence-electron chi connectivity index (χ0n) is 9.96. The molecule has 0 atom stereocenters. The topological polar surface area (TPSA) is 84.1 Å². The Balaban J connectivity index is 1.84. The van der Waals surface area contributed by atoms with Crippen molar-refractivity contribution < 1.29 is 5.11 Å². The van der Waals surface area contributed by atoms with Crippen LogP contribution in [-0.4, -0.2) is 15.1 Å². The van der Waals surface area contributed by atoms with Gasteiger partial charge in [-0.3, -0.25) is 4.98 Å². The molecule has 3 heterocycles. The van der Waals surface area contributed by atoms with Crippen molar-refractivity contribution in [2.24, 2.45) is 0 Å². The van der Waals surface area contributed by atoms with Crippen molar-refractivity contribution in [1.29, 1.82) is 0 Å². The number of aromatic nitrogens is 2. The monoisotopic (exact) mass is 292 g/mol. The summed E-state index contributed by atoms with van der Waals surface area (Å²) in [5.74, 6) is 0. The Hall–Kier alpha value is -1.70. The fraction of sp³-hybridized carbons (Fsp3) is 0.167. The van der Waals surface area contributed by atoms with Crippen molar-refractivity contribution in [1.82, 2.24) is 9.97 Å². The summed E-state index contributed by atoms with van der Waals surface area (Å²) < 4.78 is 1.05. The summed E-state index contributed by atoms with van der Waals surface area (Å²) in [5, 5.41) is 17.1. The lowest BCUT2D eigenvalue weighted by Gasteiger charge is -2.08. The Bertz CT molecular complexity index is 707. The molecule has 0 amide bonds. The zero-order valence-corrected chi connectivity index (χ0v) is 11.6. The summed E-state index contributed by atoms with van der Waals surface area (Å²) in [4.78, 5) is 8.57. The number of fused-ring (bicyclic) bond motifs is 1. The second-order valence-corrected chi connectivity index (χ2v) is 5.83. The van der Waals surface area contributed by atoms with Gasteiger partial charge in [0.15, 0.2) is 0 Å². The highest BCUT2D eigenvalue weighted by atomic mass is 32.1. The maximum atomic E-state index is 8.99. The summed E-state index contributed by atoms with van der Waals surface area (Å²) >= 11 is 3.13. The predicted octanol–water partition coefficient (Wildman–Crippen LogP) is 2.44. The summed E-state index contributed by atoms with van der Waals surface area (Å²) in [6, 6.07) is 1.97. The lowest BCUT2D eigenvalue weighted by Crippen LogP contribution is -2.03. The molecule has 98 valence electrons. The first kappa shape index (κ1) is 12.3. The number of nitrogens with two attached hydrogens (primary N) is 1. The molecule has 3 aromatic rings. The first-order valence-electron chi connectivity index (χ1n) is 5.67. The van der Waals surface area contributed by atoms with Crippen LogP contribution in [0.4, 0.5) is 11.4 Å². The van der Waals surface area contributed by atoms with Gasteiger partial charge in [0.1, 0.15) is 5.01 Å². The number of aliphatic hydroxyl groups excluding tert-OH is 1. The zero-order chi connectivity index (χ0) is 13.2. The first-order valence-corrected chi connectivity index (χ1v) is 7.43. The van der Waals surface area contributed by atoms with Crippen molar-refractivity contribution in [3.8, 4) is 0 Å². The minimum Gasteiger partial charge on any atom is -0.396 e. The molecule has 0 bridgehead atoms. The number of pyridine rings is 1. The molecule has 0 saturated heterocycles. The molecular formula is C12H12N4OS2. The van der Waals surface area contributed by atoms with Gasteiger partial charge in [0.05, 0.1) is 46.6 Å². The molecule has 0 aromatic carbocycles. The molecule has 19 heavy (non-hydrogen) atoms. The number of aliphatic hydroxyl groups is 1. The number of thiophene rings is 1. The third kappa shape index (κ3) is 2.40. The maximum absolute atomic E-state index is 8.99. The van der Waals surface area contributed by atoms with Crippen LogP contribution in [0.1, 0.15) is 10.7 Å². The number of nitrogens with zero attached hydrogens (tertiary/aromatic N) is 2. The molecule has 0 aliphatic rings. The number of hydrogen-bond acceptors (Lipinski definition) is 7. The van der Waals surface area contributed by atoms with E-state index in [-0.39, 0.29) is 6.61 Å². The van der Waals surface area contributed by atoms with E-state index in [2.05, 4.69) is 15.3 Å². The Kier molecular flexibility index (Phi) is 3.33. The second kappa shape index (κ2) is 5.12. The van der Waals surface area contributed by atoms with Crippen LogP contribution in [0, 0.1) is 0 Å². The van der Waals surface area contributed by atoms with Crippen LogP contribution in [0.3, 0.4) is 0 Å². The van der Waals surface area contributed by atoms with Crippen molar-refractivity contribution in [3.63, 3.8) is 0 Å². The molecule has 0 aliphatic heterocycles. The average molecular weight is 292 g/mol. The van der Waals surface area contributed by atoms with Gasteiger partial charge in [-0.1, -0.05) is 0 Å². The quantitative estimate of drug-likeness (QED) is 0.688. The number of thiazole rings is 1. The van der Waals surface area contributed by atoms with Gasteiger partial charge in [0.2, 0.25) is 0 Å². The normalized spacial score (nSPS) is 11.0. The van der Waals surface area contributed by atoms with E-state index in [1.165, 1.54) is 11.3 Å². The van der Waals surface area contributed by atoms with Crippen LogP contribution < -0.4 is 11.1 Å². The van der Waals surface area contributed by atoms with E-state index in [9.17, 15) is 0 Å². The van der Waals surface area contributed by atoms with Gasteiger partial charge in [-0.25, -0.2) is 4.98 Å². The number of nitrogens with one attached hydrogen (secondary N) is 1. The average Bonchev–Trinajstić information content (AvgIpc) is 3.05. The summed E-state index contributed by atoms with van der Waals surface area (Å²) in [7, 11) is 0. The second-order valence-electron chi connectivity index (χ2n) is 3.97. The van der Waals surface area contributed by atoms with Crippen molar-refractivity contribution in [2.75, 3.05) is 11.1 Å². The van der Waals surface area contributed by atoms with Gasteiger partial charge in [0.25, 0.3) is 0 Å². The van der Waals surface area contributed by atoms with Crippen LogP contribution >= 0.6 is 22.7 Å². The Morgan fingerprint density at radius 3 is 3.05 bits per heavy atom. The molecule has 0 radical (unpaired) electrons. The van der Waals surface area contributed by atoms with Crippen molar-refractivity contribution in [3.05, 3.63) is 33.7 Å². The Labute approximate surface area is 117 Å². The summed E-state index contributed by atoms with van der Waals surface area (Å²) in [5.41, 5.74) is 9.14. The summed E-state index contributed by atoms with van der Waals surface area (Å²) in [6.07, 6.45) is 1.67. The largest absolute Gasteiger partial charge is 0.396 e. The van der Waals surface area contributed by atoms with Crippen LogP contribution in [0.25, 0.3) is 10.2 Å². The SMILES string of the molecule is Nc1cnc2ccsc2c1NCc1nc(CO)cs1. The fourth-order valence-corrected chi connectivity index (χ4v) is 3.38. The minimum atomic E-state index is -0.0247. The molecular weight excluding hydrogens is 280 g/mol. The fourth-order valence-electron chi connectivity index (χ4n) is 1.78. The third-order valence-electron chi connectivity index (χ3n) is 2.68. The number of nitrogen functional groups attached to an aromatic ring is 1. The number of rotatable bonds is 4. The first-order chi connectivity index (χ1) is 9.28. The molecule has 7 heteroatoms.